The van der Waals surface area contributed by atoms with Gasteiger partial charge in [0.2, 0.25) is 11.8 Å². The number of fused-ring (bicyclic) bond motifs is 1. The molecule has 3 heterocycles. The second-order valence-electron chi connectivity index (χ2n) is 11.8. The molecule has 298 valence electrons. The van der Waals surface area contributed by atoms with Crippen LogP contribution in [0.25, 0.3) is 11.2 Å². The number of nitrogens with two attached hydrogens (primary N) is 1. The van der Waals surface area contributed by atoms with Gasteiger partial charge in [0.15, 0.2) is 22.8 Å². The van der Waals surface area contributed by atoms with Crippen LogP contribution in [0, 0.1) is 5.41 Å². The first-order chi connectivity index (χ1) is 24.6. The third-order valence-electron chi connectivity index (χ3n) is 7.08. The lowest BCUT2D eigenvalue weighted by atomic mass is 9.87. The second kappa shape index (κ2) is 18.8. The Morgan fingerprint density at radius 2 is 1.79 bits per heavy atom. The first kappa shape index (κ1) is 44.7. The number of anilines is 1. The van der Waals surface area contributed by atoms with E-state index in [-0.39, 0.29) is 48.0 Å². The van der Waals surface area contributed by atoms with E-state index in [9.17, 15) is 57.9 Å². The molecule has 24 nitrogen and oxygen atoms in total. The highest BCUT2D eigenvalue weighted by Gasteiger charge is 2.50. The van der Waals surface area contributed by atoms with E-state index >= 15 is 0 Å². The van der Waals surface area contributed by atoms with Gasteiger partial charge in [-0.25, -0.2) is 28.6 Å². The van der Waals surface area contributed by atoms with E-state index in [2.05, 4.69) is 41.0 Å². The molecule has 3 rings (SSSR count). The minimum absolute atomic E-state index is 0.0295. The number of phosphoric acid groups is 3. The maximum atomic E-state index is 12.6. The topological polar surface area (TPSA) is 364 Å². The predicted octanol–water partition coefficient (Wildman–Crippen LogP) is -0.759. The molecule has 2 aromatic rings. The highest BCUT2D eigenvalue weighted by Crippen LogP contribution is 2.61. The molecule has 7 atom stereocenters. The second-order valence-corrected chi connectivity index (χ2v) is 17.2. The van der Waals surface area contributed by atoms with Crippen molar-refractivity contribution in [1.82, 2.24) is 30.2 Å². The van der Waals surface area contributed by atoms with Crippen molar-refractivity contribution in [2.45, 2.75) is 57.3 Å². The van der Waals surface area contributed by atoms with E-state index in [1.807, 2.05) is 0 Å². The zero-order valence-corrected chi connectivity index (χ0v) is 31.6. The van der Waals surface area contributed by atoms with E-state index in [0.717, 1.165) is 29.0 Å². The quantitative estimate of drug-likeness (QED) is 0.0424. The number of ether oxygens (including phenoxy) is 1. The van der Waals surface area contributed by atoms with Crippen molar-refractivity contribution in [3.63, 3.8) is 0 Å². The molecule has 0 aromatic carbocycles. The van der Waals surface area contributed by atoms with E-state index in [0.29, 0.717) is 5.75 Å². The van der Waals surface area contributed by atoms with Gasteiger partial charge in [0.1, 0.15) is 36.3 Å². The number of nitrogen functional groups attached to an aromatic ring is 1. The lowest BCUT2D eigenvalue weighted by molar-refractivity contribution is -0.137. The van der Waals surface area contributed by atoms with Crippen molar-refractivity contribution in [2.24, 2.45) is 5.41 Å². The Labute approximate surface area is 305 Å². The summed E-state index contributed by atoms with van der Waals surface area (Å²) in [6.45, 7) is 3.93. The van der Waals surface area contributed by atoms with Crippen LogP contribution in [-0.2, 0) is 50.7 Å². The number of hydrogen-bond acceptors (Lipinski definition) is 18. The maximum Gasteiger partial charge on any atom is 0.481 e. The van der Waals surface area contributed by atoms with E-state index in [4.69, 9.17) is 19.5 Å². The number of thioether (sulfide) groups is 1. The molecule has 2 amide bonds. The number of aromatic nitrogens is 4. The molecule has 4 unspecified atom stereocenters. The number of rotatable bonds is 21. The Morgan fingerprint density at radius 1 is 1.11 bits per heavy atom. The number of imidazole rings is 1. The van der Waals surface area contributed by atoms with Gasteiger partial charge in [-0.05, 0) is 0 Å². The van der Waals surface area contributed by atoms with E-state index in [1.165, 1.54) is 19.9 Å². The van der Waals surface area contributed by atoms with Crippen LogP contribution < -0.4 is 16.4 Å². The number of nitrogens with zero attached hydrogens (tertiary/aromatic N) is 4. The summed E-state index contributed by atoms with van der Waals surface area (Å²) in [5.41, 5.74) is 4.25. The number of carbonyl (C=O) groups is 3. The van der Waals surface area contributed by atoms with Crippen LogP contribution in [-0.4, -0.2) is 123 Å². The van der Waals surface area contributed by atoms with Gasteiger partial charge < -0.3 is 50.9 Å². The Hall–Kier alpha value is -2.70. The highest BCUT2D eigenvalue weighted by molar-refractivity contribution is 8.13. The molecule has 0 spiro atoms. The van der Waals surface area contributed by atoms with E-state index < -0.39 is 84.6 Å². The number of aliphatic hydroxyl groups is 2. The number of nitrogens with one attached hydrogen (secondary N) is 2. The predicted molar refractivity (Wildman–Crippen MR) is 182 cm³/mol. The number of aliphatic hydroxyl groups excluding tert-OH is 2. The average Bonchev–Trinajstić information content (AvgIpc) is 3.61. The summed E-state index contributed by atoms with van der Waals surface area (Å²) in [7, 11) is -16.4. The molecule has 1 saturated heterocycles. The van der Waals surface area contributed by atoms with Gasteiger partial charge in [-0.3, -0.25) is 32.5 Å². The van der Waals surface area contributed by atoms with Crippen molar-refractivity contribution < 1.29 is 80.5 Å². The van der Waals surface area contributed by atoms with Gasteiger partial charge in [0, 0.05) is 37.1 Å². The lowest BCUT2D eigenvalue weighted by Gasteiger charge is -2.30. The molecule has 0 aliphatic carbocycles. The Balaban J connectivity index is 1.52. The molecule has 2 aromatic heterocycles. The van der Waals surface area contributed by atoms with Gasteiger partial charge >= 0.3 is 23.5 Å². The molecule has 1 aliphatic rings. The summed E-state index contributed by atoms with van der Waals surface area (Å²) in [6.07, 6.45) is -5.26. The summed E-state index contributed by atoms with van der Waals surface area (Å²) in [6, 6.07) is 0. The van der Waals surface area contributed by atoms with Crippen LogP contribution >= 0.6 is 35.2 Å². The normalized spacial score (nSPS) is 22.1. The van der Waals surface area contributed by atoms with Crippen molar-refractivity contribution in [3.05, 3.63) is 25.3 Å². The zero-order chi connectivity index (χ0) is 39.8. The number of allylic oxidation sites excluding steroid dienone is 1. The van der Waals surface area contributed by atoms with Crippen LogP contribution in [0.1, 0.15) is 32.9 Å². The Kier molecular flexibility index (Phi) is 15.8. The molecule has 1 fully saturated rings. The average molecular weight is 836 g/mol. The van der Waals surface area contributed by atoms with E-state index in [1.54, 1.807) is 0 Å². The summed E-state index contributed by atoms with van der Waals surface area (Å²) >= 11 is 1.02. The van der Waals surface area contributed by atoms with Crippen LogP contribution in [0.3, 0.4) is 0 Å². The molecule has 28 heteroatoms. The standard InChI is InChI=1S/C25H40N7O17P3S/c1-4-5-16(34)53-9-8-27-15(33)6-7-28-23(37)20(36)25(2,3)11-46-52(43,44)49-51(41,42)45-10-14-19(48-50(38,39)40)18(35)24(47-14)32-13-31-17-21(26)29-12-30-22(17)32/h4,12-14,18-20,24,35-36H,1,5-11H2,2-3H3,(H,27,33)(H,28,37)(H,41,42)(H,43,44)(H2,26,29,30)(H2,38,39,40)/t14-,18?,19-,20?,24-/m1/s1. The first-order valence-electron chi connectivity index (χ1n) is 15.2. The molecule has 0 radical (unpaired) electrons. The van der Waals surface area contributed by atoms with Crippen LogP contribution in [0.5, 0.6) is 0 Å². The molecule has 1 aliphatic heterocycles. The third-order valence-corrected chi connectivity index (χ3v) is 11.1. The fourth-order valence-corrected chi connectivity index (χ4v) is 7.97. The van der Waals surface area contributed by atoms with Gasteiger partial charge in [0.25, 0.3) is 0 Å². The summed E-state index contributed by atoms with van der Waals surface area (Å²) in [4.78, 5) is 86.7. The summed E-state index contributed by atoms with van der Waals surface area (Å²) in [5.74, 6) is -1.13. The number of hydrogen-bond donors (Lipinski definition) is 9. The van der Waals surface area contributed by atoms with Crippen molar-refractivity contribution in [1.29, 1.82) is 0 Å². The fourth-order valence-electron chi connectivity index (χ4n) is 4.47. The lowest BCUT2D eigenvalue weighted by Crippen LogP contribution is -2.46. The van der Waals surface area contributed by atoms with Gasteiger partial charge in [-0.15, -0.1) is 6.58 Å². The highest BCUT2D eigenvalue weighted by atomic mass is 32.2. The van der Waals surface area contributed by atoms with Crippen molar-refractivity contribution >= 4 is 69.1 Å². The molecule has 10 N–H and O–H groups in total. The maximum absolute atomic E-state index is 12.6. The SMILES string of the molecule is C=CCC(=O)SCCNC(=O)CCNC(=O)C(O)C(C)(C)COP(=O)(O)OP(=O)(O)OC[C@H]1O[C@@H](n2cnc3c(N)ncnc32)C(O)[C@@H]1OP(=O)(O)O. The van der Waals surface area contributed by atoms with Crippen LogP contribution in [0.4, 0.5) is 5.82 Å². The number of carbonyl (C=O) groups excluding carboxylic acids is 3. The molecule has 0 bridgehead atoms. The fraction of sp³-hybridized carbons (Fsp3) is 0.600. The Bertz CT molecular complexity index is 1780. The zero-order valence-electron chi connectivity index (χ0n) is 28.1. The largest absolute Gasteiger partial charge is 0.481 e. The number of phosphoric ester groups is 3. The van der Waals surface area contributed by atoms with Crippen molar-refractivity contribution in [3.8, 4) is 0 Å². The summed E-state index contributed by atoms with van der Waals surface area (Å²) < 4.78 is 61.9. The smallest absolute Gasteiger partial charge is 0.386 e. The first-order valence-corrected chi connectivity index (χ1v) is 20.7. The Morgan fingerprint density at radius 3 is 2.45 bits per heavy atom. The number of amides is 2. The van der Waals surface area contributed by atoms with Gasteiger partial charge in [0.05, 0.1) is 19.5 Å². The van der Waals surface area contributed by atoms with Crippen molar-refractivity contribution in [2.75, 3.05) is 37.8 Å². The molecular formula is C25H40N7O17P3S. The molecule has 0 saturated carbocycles. The third kappa shape index (κ3) is 13.5. The van der Waals surface area contributed by atoms with Crippen LogP contribution in [0.2, 0.25) is 0 Å². The minimum atomic E-state index is -5.56. The van der Waals surface area contributed by atoms with Gasteiger partial charge in [-0.2, -0.15) is 4.31 Å². The monoisotopic (exact) mass is 835 g/mol. The molecule has 53 heavy (non-hydrogen) atoms. The van der Waals surface area contributed by atoms with Crippen LogP contribution in [0.15, 0.2) is 25.3 Å². The molecular weight excluding hydrogens is 795 g/mol. The minimum Gasteiger partial charge on any atom is -0.386 e. The summed E-state index contributed by atoms with van der Waals surface area (Å²) in [5, 5.41) is 26.1. The van der Waals surface area contributed by atoms with Gasteiger partial charge in [-0.1, -0.05) is 31.7 Å².